The fourth-order valence-electron chi connectivity index (χ4n) is 5.11. The standard InChI is InChI=1S/C31H49ClN/c1-2-3-4-5-6-7-8-9-10-11-12-19-26-33(27-20-25-32,28-30-21-15-13-16-22-30)29-31-23-17-14-18-24-31/h13-18,21-24H,2-12,19-20,25-29H2,1H3/q+1. The lowest BCUT2D eigenvalue weighted by atomic mass is 10.0. The fraction of sp³-hybridized carbons (Fsp3) is 0.613. The molecule has 0 radical (unpaired) electrons. The Morgan fingerprint density at radius 3 is 1.33 bits per heavy atom. The van der Waals surface area contributed by atoms with Gasteiger partial charge in [0.15, 0.2) is 0 Å². The quantitative estimate of drug-likeness (QED) is 0.103. The molecule has 0 unspecified atom stereocenters. The number of unbranched alkanes of at least 4 members (excludes halogenated alkanes) is 11. The van der Waals surface area contributed by atoms with Gasteiger partial charge in [0.1, 0.15) is 13.1 Å². The van der Waals surface area contributed by atoms with Crippen molar-refractivity contribution in [2.45, 2.75) is 103 Å². The van der Waals surface area contributed by atoms with E-state index in [0.29, 0.717) is 0 Å². The number of hydrogen-bond donors (Lipinski definition) is 0. The Morgan fingerprint density at radius 2 is 0.909 bits per heavy atom. The smallest absolute Gasteiger partial charge is 0.105 e. The lowest BCUT2D eigenvalue weighted by Gasteiger charge is -2.39. The molecule has 0 saturated heterocycles. The van der Waals surface area contributed by atoms with Crippen LogP contribution < -0.4 is 0 Å². The van der Waals surface area contributed by atoms with E-state index >= 15 is 0 Å². The van der Waals surface area contributed by atoms with Gasteiger partial charge < -0.3 is 4.48 Å². The Morgan fingerprint density at radius 1 is 0.515 bits per heavy atom. The normalized spacial score (nSPS) is 11.7. The first-order valence-corrected chi connectivity index (χ1v) is 14.3. The predicted octanol–water partition coefficient (Wildman–Crippen LogP) is 9.53. The summed E-state index contributed by atoms with van der Waals surface area (Å²) in [6.07, 6.45) is 18.0. The summed E-state index contributed by atoms with van der Waals surface area (Å²) in [5, 5.41) is 0. The van der Waals surface area contributed by atoms with E-state index in [1.165, 1.54) is 94.7 Å². The van der Waals surface area contributed by atoms with Gasteiger partial charge in [-0.1, -0.05) is 132 Å². The van der Waals surface area contributed by atoms with Crippen LogP contribution in [0.3, 0.4) is 0 Å². The van der Waals surface area contributed by atoms with Crippen molar-refractivity contribution in [1.29, 1.82) is 0 Å². The maximum absolute atomic E-state index is 6.18. The average molecular weight is 471 g/mol. The van der Waals surface area contributed by atoms with E-state index < -0.39 is 0 Å². The Labute approximate surface area is 210 Å². The molecule has 0 spiro atoms. The Balaban J connectivity index is 1.81. The highest BCUT2D eigenvalue weighted by Crippen LogP contribution is 2.23. The van der Waals surface area contributed by atoms with Gasteiger partial charge in [-0.25, -0.2) is 0 Å². The first-order chi connectivity index (χ1) is 16.3. The third-order valence-corrected chi connectivity index (χ3v) is 7.24. The summed E-state index contributed by atoms with van der Waals surface area (Å²) < 4.78 is 1.12. The molecule has 0 heterocycles. The number of rotatable bonds is 20. The van der Waals surface area contributed by atoms with E-state index in [-0.39, 0.29) is 0 Å². The van der Waals surface area contributed by atoms with Crippen LogP contribution in [0.25, 0.3) is 0 Å². The van der Waals surface area contributed by atoms with Crippen LogP contribution >= 0.6 is 11.6 Å². The van der Waals surface area contributed by atoms with Crippen LogP contribution in [-0.4, -0.2) is 23.5 Å². The molecule has 0 aliphatic carbocycles. The molecule has 2 aromatic carbocycles. The van der Waals surface area contributed by atoms with E-state index in [9.17, 15) is 0 Å². The molecule has 2 heteroatoms. The average Bonchev–Trinajstić information content (AvgIpc) is 2.85. The number of nitrogens with zero attached hydrogens (tertiary/aromatic N) is 1. The van der Waals surface area contributed by atoms with Crippen molar-refractivity contribution < 1.29 is 4.48 Å². The predicted molar refractivity (Wildman–Crippen MR) is 147 cm³/mol. The summed E-state index contributed by atoms with van der Waals surface area (Å²) in [5.41, 5.74) is 2.89. The van der Waals surface area contributed by atoms with Crippen molar-refractivity contribution >= 4 is 11.6 Å². The SMILES string of the molecule is CCCCCCCCCCCCCC[N+](CCCCl)(Cc1ccccc1)Cc1ccccc1. The van der Waals surface area contributed by atoms with Gasteiger partial charge >= 0.3 is 0 Å². The lowest BCUT2D eigenvalue weighted by molar-refractivity contribution is -0.953. The molecule has 33 heavy (non-hydrogen) atoms. The minimum atomic E-state index is 0.752. The second-order valence-electron chi connectivity index (χ2n) is 10.0. The van der Waals surface area contributed by atoms with Gasteiger partial charge in [-0.15, -0.1) is 11.6 Å². The highest BCUT2D eigenvalue weighted by Gasteiger charge is 2.27. The number of alkyl halides is 1. The maximum Gasteiger partial charge on any atom is 0.105 e. The molecular formula is C31H49ClN+. The van der Waals surface area contributed by atoms with Crippen molar-refractivity contribution in [3.8, 4) is 0 Å². The van der Waals surface area contributed by atoms with Crippen LogP contribution in [0, 0.1) is 0 Å². The molecule has 0 saturated carbocycles. The van der Waals surface area contributed by atoms with Crippen LogP contribution in [0.4, 0.5) is 0 Å². The molecule has 1 nitrogen and oxygen atoms in total. The van der Waals surface area contributed by atoms with Gasteiger partial charge in [-0.3, -0.25) is 0 Å². The molecule has 184 valence electrons. The summed E-state index contributed by atoms with van der Waals surface area (Å²) in [7, 11) is 0. The van der Waals surface area contributed by atoms with E-state index in [4.69, 9.17) is 11.6 Å². The molecule has 0 N–H and O–H groups in total. The van der Waals surface area contributed by atoms with Gasteiger partial charge in [-0.2, -0.15) is 0 Å². The third kappa shape index (κ3) is 12.6. The second kappa shape index (κ2) is 18.1. The zero-order valence-corrected chi connectivity index (χ0v) is 22.1. The van der Waals surface area contributed by atoms with Gasteiger partial charge in [0.2, 0.25) is 0 Å². The molecule has 2 aromatic rings. The largest absolute Gasteiger partial charge is 0.316 e. The molecule has 0 aliphatic rings. The number of hydrogen-bond acceptors (Lipinski definition) is 0. The summed E-state index contributed by atoms with van der Waals surface area (Å²) in [4.78, 5) is 0. The van der Waals surface area contributed by atoms with Crippen molar-refractivity contribution in [2.24, 2.45) is 0 Å². The zero-order chi connectivity index (χ0) is 23.5. The number of quaternary nitrogens is 1. The van der Waals surface area contributed by atoms with Crippen molar-refractivity contribution in [1.82, 2.24) is 0 Å². The molecule has 0 aliphatic heterocycles. The molecule has 0 atom stereocenters. The van der Waals surface area contributed by atoms with E-state index in [1.807, 2.05) is 0 Å². The zero-order valence-electron chi connectivity index (χ0n) is 21.3. The summed E-state index contributed by atoms with van der Waals surface area (Å²) in [6, 6.07) is 22.1. The molecule has 0 fully saturated rings. The van der Waals surface area contributed by atoms with E-state index in [2.05, 4.69) is 67.6 Å². The summed E-state index contributed by atoms with van der Waals surface area (Å²) in [6.45, 7) is 6.91. The first kappa shape index (κ1) is 27.9. The monoisotopic (exact) mass is 470 g/mol. The number of benzene rings is 2. The molecule has 0 amide bonds. The molecule has 0 bridgehead atoms. The van der Waals surface area contributed by atoms with Crippen LogP contribution in [-0.2, 0) is 13.1 Å². The van der Waals surface area contributed by atoms with Gasteiger partial charge in [-0.05, 0) is 12.8 Å². The van der Waals surface area contributed by atoms with E-state index in [1.54, 1.807) is 0 Å². The van der Waals surface area contributed by atoms with Crippen molar-refractivity contribution in [3.05, 3.63) is 71.8 Å². The van der Waals surface area contributed by atoms with Crippen molar-refractivity contribution in [2.75, 3.05) is 19.0 Å². The second-order valence-corrected chi connectivity index (χ2v) is 10.4. The van der Waals surface area contributed by atoms with Gasteiger partial charge in [0.05, 0.1) is 13.1 Å². The fourth-order valence-corrected chi connectivity index (χ4v) is 5.23. The van der Waals surface area contributed by atoms with Crippen molar-refractivity contribution in [3.63, 3.8) is 0 Å². The maximum atomic E-state index is 6.18. The minimum absolute atomic E-state index is 0.752. The number of halogens is 1. The Hall–Kier alpha value is -1.31. The molecular weight excluding hydrogens is 422 g/mol. The summed E-state index contributed by atoms with van der Waals surface area (Å²) in [5.74, 6) is 0.752. The van der Waals surface area contributed by atoms with Gasteiger partial charge in [0.25, 0.3) is 0 Å². The minimum Gasteiger partial charge on any atom is -0.316 e. The third-order valence-electron chi connectivity index (χ3n) is 6.97. The van der Waals surface area contributed by atoms with Crippen LogP contribution in [0.1, 0.15) is 102 Å². The van der Waals surface area contributed by atoms with Crippen LogP contribution in [0.5, 0.6) is 0 Å². The summed E-state index contributed by atoms with van der Waals surface area (Å²) >= 11 is 6.18. The Kier molecular flexibility index (Phi) is 15.3. The van der Waals surface area contributed by atoms with Crippen LogP contribution in [0.15, 0.2) is 60.7 Å². The Bertz CT molecular complexity index is 643. The topological polar surface area (TPSA) is 0 Å². The highest BCUT2D eigenvalue weighted by atomic mass is 35.5. The lowest BCUT2D eigenvalue weighted by Crippen LogP contribution is -2.48. The first-order valence-electron chi connectivity index (χ1n) is 13.8. The van der Waals surface area contributed by atoms with E-state index in [0.717, 1.165) is 36.4 Å². The van der Waals surface area contributed by atoms with Gasteiger partial charge in [0, 0.05) is 23.4 Å². The van der Waals surface area contributed by atoms with Crippen LogP contribution in [0.2, 0.25) is 0 Å². The molecule has 2 rings (SSSR count). The highest BCUT2D eigenvalue weighted by molar-refractivity contribution is 6.17. The molecule has 0 aromatic heterocycles.